The summed E-state index contributed by atoms with van der Waals surface area (Å²) in [5, 5.41) is 8.78. The van der Waals surface area contributed by atoms with E-state index in [1.807, 2.05) is 30.3 Å². The van der Waals surface area contributed by atoms with Crippen molar-refractivity contribution in [3.8, 4) is 0 Å². The molecule has 0 aliphatic heterocycles. The molecular weight excluding hydrogens is 148 g/mol. The zero-order valence-corrected chi connectivity index (χ0v) is 6.83. The van der Waals surface area contributed by atoms with Crippen LogP contribution in [0.1, 0.15) is 12.0 Å². The Labute approximate surface area is 72.7 Å². The molecule has 61 valence electrons. The minimum atomic E-state index is 0.639. The highest BCUT2D eigenvalue weighted by atomic mass is 16.2. The van der Waals surface area contributed by atoms with Crippen LogP contribution >= 0.6 is 0 Å². The highest BCUT2D eigenvalue weighted by molar-refractivity contribution is 5.63. The fraction of sp³-hybridized carbons (Fsp3) is 0.0909. The van der Waals surface area contributed by atoms with Gasteiger partial charge in [0, 0.05) is 5.57 Å². The van der Waals surface area contributed by atoms with E-state index in [0.717, 1.165) is 11.1 Å². The first-order valence-corrected chi connectivity index (χ1v) is 3.80. The van der Waals surface area contributed by atoms with Crippen LogP contribution in [0.5, 0.6) is 0 Å². The van der Waals surface area contributed by atoms with Gasteiger partial charge in [-0.2, -0.15) is 0 Å². The van der Waals surface area contributed by atoms with Crippen LogP contribution in [0.15, 0.2) is 43.0 Å². The lowest BCUT2D eigenvalue weighted by molar-refractivity contribution is 0.443. The molecule has 0 bridgehead atoms. The van der Waals surface area contributed by atoms with Crippen LogP contribution in [-0.2, 0) is 0 Å². The molecular formula is C11H11O. The van der Waals surface area contributed by atoms with Crippen molar-refractivity contribution in [2.75, 3.05) is 0 Å². The van der Waals surface area contributed by atoms with Crippen LogP contribution < -0.4 is 0 Å². The van der Waals surface area contributed by atoms with Crippen LogP contribution in [0.4, 0.5) is 0 Å². The topological polar surface area (TPSA) is 20.2 Å². The molecule has 0 saturated carbocycles. The van der Waals surface area contributed by atoms with E-state index in [2.05, 4.69) is 12.8 Å². The molecule has 0 spiro atoms. The number of hydrogen-bond donors (Lipinski definition) is 1. The smallest absolute Gasteiger partial charge is 0.161 e. The quantitative estimate of drug-likeness (QED) is 0.531. The summed E-state index contributed by atoms with van der Waals surface area (Å²) in [6.45, 7) is 3.60. The van der Waals surface area contributed by atoms with Crippen LogP contribution in [0.25, 0.3) is 5.57 Å². The average molecular weight is 159 g/mol. The van der Waals surface area contributed by atoms with Crippen molar-refractivity contribution in [3.63, 3.8) is 0 Å². The second kappa shape index (κ2) is 4.39. The summed E-state index contributed by atoms with van der Waals surface area (Å²) in [6.07, 6.45) is 4.55. The highest BCUT2D eigenvalue weighted by Crippen LogP contribution is 2.16. The average Bonchev–Trinajstić information content (AvgIpc) is 2.15. The van der Waals surface area contributed by atoms with Crippen molar-refractivity contribution in [1.29, 1.82) is 0 Å². The van der Waals surface area contributed by atoms with Crippen molar-refractivity contribution in [2.24, 2.45) is 0 Å². The molecule has 0 saturated heterocycles. The van der Waals surface area contributed by atoms with Gasteiger partial charge >= 0.3 is 0 Å². The summed E-state index contributed by atoms with van der Waals surface area (Å²) in [6, 6.07) is 9.65. The number of aliphatic hydroxyl groups is 1. The Balaban J connectivity index is 2.88. The van der Waals surface area contributed by atoms with Gasteiger partial charge in [-0.25, -0.2) is 0 Å². The maximum atomic E-state index is 8.78. The van der Waals surface area contributed by atoms with Gasteiger partial charge in [-0.3, -0.25) is 0 Å². The maximum absolute atomic E-state index is 8.78. The Morgan fingerprint density at radius 2 is 2.08 bits per heavy atom. The third-order valence-corrected chi connectivity index (χ3v) is 1.61. The number of benzene rings is 1. The van der Waals surface area contributed by atoms with Crippen LogP contribution in [-0.4, -0.2) is 5.11 Å². The minimum Gasteiger partial charge on any atom is -0.504 e. The molecule has 0 aliphatic carbocycles. The Morgan fingerprint density at radius 1 is 1.42 bits per heavy atom. The Hall–Kier alpha value is -1.50. The predicted octanol–water partition coefficient (Wildman–Crippen LogP) is 2.96. The van der Waals surface area contributed by atoms with E-state index >= 15 is 0 Å². The van der Waals surface area contributed by atoms with Gasteiger partial charge in [0.25, 0.3) is 0 Å². The first-order valence-electron chi connectivity index (χ1n) is 3.80. The van der Waals surface area contributed by atoms with Gasteiger partial charge in [0.05, 0.1) is 0 Å². The molecule has 1 aromatic rings. The van der Waals surface area contributed by atoms with E-state index in [1.165, 1.54) is 0 Å². The Kier molecular flexibility index (Phi) is 3.15. The lowest BCUT2D eigenvalue weighted by Crippen LogP contribution is -1.82. The lowest BCUT2D eigenvalue weighted by Gasteiger charge is -2.00. The van der Waals surface area contributed by atoms with Crippen molar-refractivity contribution in [2.45, 2.75) is 6.42 Å². The lowest BCUT2D eigenvalue weighted by atomic mass is 10.0. The van der Waals surface area contributed by atoms with Crippen LogP contribution in [0.2, 0.25) is 0 Å². The molecule has 1 rings (SSSR count). The largest absolute Gasteiger partial charge is 0.504 e. The van der Waals surface area contributed by atoms with E-state index in [-0.39, 0.29) is 0 Å². The Morgan fingerprint density at radius 3 is 2.58 bits per heavy atom. The SMILES string of the molecule is C=CC/C(=[C]/O)c1ccccc1. The fourth-order valence-corrected chi connectivity index (χ4v) is 1.01. The molecule has 0 amide bonds. The van der Waals surface area contributed by atoms with Gasteiger partial charge in [-0.15, -0.1) is 6.58 Å². The van der Waals surface area contributed by atoms with E-state index in [0.29, 0.717) is 6.42 Å². The molecule has 1 N–H and O–H groups in total. The molecule has 1 heteroatoms. The molecule has 0 heterocycles. The standard InChI is InChI=1S/C11H11O/c1-2-6-11(9-12)10-7-4-3-5-8-10/h2-5,7-8,12H,1,6H2. The van der Waals surface area contributed by atoms with Gasteiger partial charge < -0.3 is 5.11 Å². The predicted molar refractivity (Wildman–Crippen MR) is 50.5 cm³/mol. The van der Waals surface area contributed by atoms with E-state index in [4.69, 9.17) is 5.11 Å². The summed E-state index contributed by atoms with van der Waals surface area (Å²) in [7, 11) is 0. The van der Waals surface area contributed by atoms with Crippen LogP contribution in [0, 0.1) is 6.26 Å². The first kappa shape index (κ1) is 8.60. The van der Waals surface area contributed by atoms with Crippen molar-refractivity contribution >= 4 is 5.57 Å². The zero-order chi connectivity index (χ0) is 8.81. The molecule has 0 fully saturated rings. The molecule has 0 aromatic heterocycles. The summed E-state index contributed by atoms with van der Waals surface area (Å²) in [5.74, 6) is 0. The summed E-state index contributed by atoms with van der Waals surface area (Å²) < 4.78 is 0. The minimum absolute atomic E-state index is 0.639. The fourth-order valence-electron chi connectivity index (χ4n) is 1.01. The molecule has 1 nitrogen and oxygen atoms in total. The monoisotopic (exact) mass is 159 g/mol. The van der Waals surface area contributed by atoms with Gasteiger partial charge in [0.15, 0.2) is 6.26 Å². The summed E-state index contributed by atoms with van der Waals surface area (Å²) in [4.78, 5) is 0. The van der Waals surface area contributed by atoms with Crippen molar-refractivity contribution in [3.05, 3.63) is 54.8 Å². The third kappa shape index (κ3) is 1.99. The number of aliphatic hydroxyl groups excluding tert-OH is 1. The molecule has 0 unspecified atom stereocenters. The Bertz CT molecular complexity index is 272. The summed E-state index contributed by atoms with van der Waals surface area (Å²) in [5.41, 5.74) is 1.76. The number of allylic oxidation sites excluding steroid dienone is 2. The number of rotatable bonds is 3. The van der Waals surface area contributed by atoms with Gasteiger partial charge in [-0.05, 0) is 12.0 Å². The van der Waals surface area contributed by atoms with Crippen LogP contribution in [0.3, 0.4) is 0 Å². The zero-order valence-electron chi connectivity index (χ0n) is 6.83. The van der Waals surface area contributed by atoms with Gasteiger partial charge in [0.1, 0.15) is 0 Å². The second-order valence-corrected chi connectivity index (χ2v) is 2.45. The van der Waals surface area contributed by atoms with Crippen molar-refractivity contribution in [1.82, 2.24) is 0 Å². The van der Waals surface area contributed by atoms with E-state index in [9.17, 15) is 0 Å². The molecule has 0 aliphatic rings. The molecule has 1 radical (unpaired) electrons. The second-order valence-electron chi connectivity index (χ2n) is 2.45. The van der Waals surface area contributed by atoms with E-state index < -0.39 is 0 Å². The summed E-state index contributed by atoms with van der Waals surface area (Å²) >= 11 is 0. The van der Waals surface area contributed by atoms with E-state index in [1.54, 1.807) is 6.08 Å². The maximum Gasteiger partial charge on any atom is 0.161 e. The van der Waals surface area contributed by atoms with Gasteiger partial charge in [-0.1, -0.05) is 36.4 Å². The molecule has 12 heavy (non-hydrogen) atoms. The molecule has 1 aromatic carbocycles. The normalized spacial score (nSPS) is 11.2. The third-order valence-electron chi connectivity index (χ3n) is 1.61. The van der Waals surface area contributed by atoms with Gasteiger partial charge in [0.2, 0.25) is 0 Å². The number of hydrogen-bond acceptors (Lipinski definition) is 1. The highest BCUT2D eigenvalue weighted by Gasteiger charge is 1.97. The first-order chi connectivity index (χ1) is 5.88. The molecule has 0 atom stereocenters. The van der Waals surface area contributed by atoms with Crippen molar-refractivity contribution < 1.29 is 5.11 Å².